The molecule has 1 aromatic rings. The van der Waals surface area contributed by atoms with Crippen molar-refractivity contribution in [2.45, 2.75) is 18.9 Å². The van der Waals surface area contributed by atoms with Crippen LogP contribution in [-0.4, -0.2) is 12.4 Å². The minimum atomic E-state index is -0.270. The zero-order chi connectivity index (χ0) is 10.8. The maximum Gasteiger partial charge on any atom is 0.138 e. The van der Waals surface area contributed by atoms with Crippen molar-refractivity contribution in [2.75, 3.05) is 6.61 Å². The second-order valence-electron chi connectivity index (χ2n) is 3.50. The summed E-state index contributed by atoms with van der Waals surface area (Å²) in [5.41, 5.74) is 0.781. The third-order valence-electron chi connectivity index (χ3n) is 2.44. The molecule has 1 aromatic carbocycles. The number of Topliss-reactive ketones (excluding diaryl/α,β-unsaturated/α-hetero) is 1. The van der Waals surface area contributed by atoms with E-state index in [0.29, 0.717) is 23.0 Å². The Balaban J connectivity index is 2.28. The summed E-state index contributed by atoms with van der Waals surface area (Å²) in [7, 11) is 0. The summed E-state index contributed by atoms with van der Waals surface area (Å²) in [5.74, 6) is -0.0685. The van der Waals surface area contributed by atoms with Crippen molar-refractivity contribution in [1.29, 1.82) is 0 Å². The van der Waals surface area contributed by atoms with Crippen LogP contribution in [0.4, 0.5) is 4.39 Å². The molecule has 0 N–H and O–H groups in total. The van der Waals surface area contributed by atoms with E-state index in [4.69, 9.17) is 4.74 Å². The Kier molecular flexibility index (Phi) is 3.35. The van der Waals surface area contributed by atoms with Gasteiger partial charge in [-0.05, 0) is 34.2 Å². The van der Waals surface area contributed by atoms with Gasteiger partial charge in [0.2, 0.25) is 0 Å². The molecule has 1 atom stereocenters. The lowest BCUT2D eigenvalue weighted by Gasteiger charge is -2.23. The number of carbonyl (C=O) groups excluding carboxylic acids is 1. The largest absolute Gasteiger partial charge is 0.373 e. The SMILES string of the molecule is O=C1CCOC(c2cccc(F)c2I)C1. The Hall–Kier alpha value is -0.490. The zero-order valence-electron chi connectivity index (χ0n) is 8.00. The molecular formula is C11H10FIO2. The Morgan fingerprint density at radius 3 is 3.00 bits per heavy atom. The molecule has 1 aliphatic rings. The molecular weight excluding hydrogens is 310 g/mol. The van der Waals surface area contributed by atoms with E-state index in [2.05, 4.69) is 0 Å². The molecule has 2 rings (SSSR count). The smallest absolute Gasteiger partial charge is 0.138 e. The maximum absolute atomic E-state index is 13.3. The second kappa shape index (κ2) is 4.57. The predicted octanol–water partition coefficient (Wildman–Crippen LogP) is 2.85. The lowest BCUT2D eigenvalue weighted by molar-refractivity contribution is -0.128. The van der Waals surface area contributed by atoms with Gasteiger partial charge in [0.15, 0.2) is 0 Å². The fourth-order valence-electron chi connectivity index (χ4n) is 1.65. The van der Waals surface area contributed by atoms with E-state index in [0.717, 1.165) is 5.56 Å². The van der Waals surface area contributed by atoms with Gasteiger partial charge in [-0.1, -0.05) is 12.1 Å². The molecule has 0 spiro atoms. The lowest BCUT2D eigenvalue weighted by Crippen LogP contribution is -2.20. The van der Waals surface area contributed by atoms with Gasteiger partial charge < -0.3 is 4.74 Å². The summed E-state index contributed by atoms with van der Waals surface area (Å²) in [6.45, 7) is 0.441. The number of ketones is 1. The molecule has 4 heteroatoms. The molecule has 1 unspecified atom stereocenters. The monoisotopic (exact) mass is 320 g/mol. The summed E-state index contributed by atoms with van der Waals surface area (Å²) >= 11 is 1.95. The van der Waals surface area contributed by atoms with Crippen LogP contribution in [0.1, 0.15) is 24.5 Å². The molecule has 0 aromatic heterocycles. The van der Waals surface area contributed by atoms with E-state index in [9.17, 15) is 9.18 Å². The van der Waals surface area contributed by atoms with Crippen LogP contribution in [0.15, 0.2) is 18.2 Å². The fraction of sp³-hybridized carbons (Fsp3) is 0.364. The first kappa shape index (κ1) is 11.0. The molecule has 1 fully saturated rings. The van der Waals surface area contributed by atoms with Crippen LogP contribution in [0.25, 0.3) is 0 Å². The van der Waals surface area contributed by atoms with Gasteiger partial charge in [-0.2, -0.15) is 0 Å². The summed E-state index contributed by atoms with van der Waals surface area (Å²) in [5, 5.41) is 0. The van der Waals surface area contributed by atoms with Crippen molar-refractivity contribution in [3.63, 3.8) is 0 Å². The van der Waals surface area contributed by atoms with Crippen LogP contribution < -0.4 is 0 Å². The Bertz CT molecular complexity index is 392. The molecule has 1 saturated heterocycles. The normalized spacial score (nSPS) is 21.7. The highest BCUT2D eigenvalue weighted by molar-refractivity contribution is 14.1. The number of hydrogen-bond acceptors (Lipinski definition) is 2. The summed E-state index contributed by atoms with van der Waals surface area (Å²) in [6.07, 6.45) is 0.566. The van der Waals surface area contributed by atoms with E-state index in [1.54, 1.807) is 6.07 Å². The summed E-state index contributed by atoms with van der Waals surface area (Å²) < 4.78 is 19.3. The average Bonchev–Trinajstić information content (AvgIpc) is 2.22. The molecule has 80 valence electrons. The molecule has 0 radical (unpaired) electrons. The van der Waals surface area contributed by atoms with Gasteiger partial charge in [-0.25, -0.2) is 4.39 Å². The van der Waals surface area contributed by atoms with Crippen LogP contribution in [0.5, 0.6) is 0 Å². The van der Waals surface area contributed by atoms with Crippen molar-refractivity contribution < 1.29 is 13.9 Å². The van der Waals surface area contributed by atoms with Crippen molar-refractivity contribution >= 4 is 28.4 Å². The molecule has 15 heavy (non-hydrogen) atoms. The van der Waals surface area contributed by atoms with Crippen LogP contribution >= 0.6 is 22.6 Å². The number of benzene rings is 1. The van der Waals surface area contributed by atoms with Crippen LogP contribution in [-0.2, 0) is 9.53 Å². The molecule has 0 aliphatic carbocycles. The van der Waals surface area contributed by atoms with E-state index in [1.165, 1.54) is 6.07 Å². The first-order valence-electron chi connectivity index (χ1n) is 4.75. The van der Waals surface area contributed by atoms with Gasteiger partial charge in [-0.3, -0.25) is 4.79 Å². The maximum atomic E-state index is 13.3. The van der Waals surface area contributed by atoms with Gasteiger partial charge in [0.1, 0.15) is 11.6 Å². The molecule has 0 saturated carbocycles. The number of halogens is 2. The fourth-order valence-corrected chi connectivity index (χ4v) is 2.36. The van der Waals surface area contributed by atoms with Gasteiger partial charge in [0.05, 0.1) is 16.3 Å². The predicted molar refractivity (Wildman–Crippen MR) is 62.1 cm³/mol. The number of hydrogen-bond donors (Lipinski definition) is 0. The van der Waals surface area contributed by atoms with Crippen molar-refractivity contribution in [2.24, 2.45) is 0 Å². The molecule has 0 bridgehead atoms. The van der Waals surface area contributed by atoms with Gasteiger partial charge in [0.25, 0.3) is 0 Å². The van der Waals surface area contributed by atoms with E-state index >= 15 is 0 Å². The highest BCUT2D eigenvalue weighted by Gasteiger charge is 2.24. The first-order chi connectivity index (χ1) is 7.18. The molecule has 2 nitrogen and oxygen atoms in total. The van der Waals surface area contributed by atoms with Gasteiger partial charge in [0, 0.05) is 12.8 Å². The topological polar surface area (TPSA) is 26.3 Å². The molecule has 0 amide bonds. The van der Waals surface area contributed by atoms with Gasteiger partial charge in [-0.15, -0.1) is 0 Å². The number of ether oxygens (including phenoxy) is 1. The standard InChI is InChI=1S/C11H10FIO2/c12-9-3-1-2-8(11(9)13)10-6-7(14)4-5-15-10/h1-3,10H,4-6H2. The van der Waals surface area contributed by atoms with Crippen LogP contribution in [0.2, 0.25) is 0 Å². The van der Waals surface area contributed by atoms with E-state index in [-0.39, 0.29) is 17.7 Å². The number of rotatable bonds is 1. The zero-order valence-corrected chi connectivity index (χ0v) is 10.2. The van der Waals surface area contributed by atoms with Crippen LogP contribution in [0, 0.1) is 9.39 Å². The highest BCUT2D eigenvalue weighted by atomic mass is 127. The Labute approximate surface area is 101 Å². The van der Waals surface area contributed by atoms with Crippen LogP contribution in [0.3, 0.4) is 0 Å². The quantitative estimate of drug-likeness (QED) is 0.744. The lowest BCUT2D eigenvalue weighted by atomic mass is 10.0. The summed E-state index contributed by atoms with van der Waals surface area (Å²) in [6, 6.07) is 4.87. The molecule has 1 heterocycles. The number of carbonyl (C=O) groups is 1. The van der Waals surface area contributed by atoms with Crippen molar-refractivity contribution in [1.82, 2.24) is 0 Å². The van der Waals surface area contributed by atoms with Gasteiger partial charge >= 0.3 is 0 Å². The minimum absolute atomic E-state index is 0.186. The van der Waals surface area contributed by atoms with E-state index in [1.807, 2.05) is 28.7 Å². The molecule has 1 aliphatic heterocycles. The summed E-state index contributed by atoms with van der Waals surface area (Å²) in [4.78, 5) is 11.3. The van der Waals surface area contributed by atoms with E-state index < -0.39 is 0 Å². The third kappa shape index (κ3) is 2.36. The highest BCUT2D eigenvalue weighted by Crippen LogP contribution is 2.30. The van der Waals surface area contributed by atoms with Crippen molar-refractivity contribution in [3.8, 4) is 0 Å². The first-order valence-corrected chi connectivity index (χ1v) is 5.83. The third-order valence-corrected chi connectivity index (χ3v) is 3.58. The minimum Gasteiger partial charge on any atom is -0.373 e. The van der Waals surface area contributed by atoms with Crippen molar-refractivity contribution in [3.05, 3.63) is 33.1 Å². The second-order valence-corrected chi connectivity index (χ2v) is 4.57. The average molecular weight is 320 g/mol. The Morgan fingerprint density at radius 1 is 1.47 bits per heavy atom. The Morgan fingerprint density at radius 2 is 2.27 bits per heavy atom.